The van der Waals surface area contributed by atoms with Crippen LogP contribution in [0.25, 0.3) is 0 Å². The molecule has 126 valence electrons. The number of hydrogen-bond acceptors (Lipinski definition) is 5. The molecule has 1 N–H and O–H groups in total. The number of carbonyl (C=O) groups excluding carboxylic acids is 2. The van der Waals surface area contributed by atoms with Crippen LogP contribution in [0.1, 0.15) is 10.4 Å². The highest BCUT2D eigenvalue weighted by Crippen LogP contribution is 2.29. The highest BCUT2D eigenvalue weighted by atomic mass is 79.9. The molecular weight excluding hydrogens is 378 g/mol. The van der Waals surface area contributed by atoms with E-state index >= 15 is 0 Å². The van der Waals surface area contributed by atoms with E-state index in [1.54, 1.807) is 49.6 Å². The summed E-state index contributed by atoms with van der Waals surface area (Å²) < 4.78 is 15.8. The zero-order valence-electron chi connectivity index (χ0n) is 13.2. The molecule has 6 nitrogen and oxygen atoms in total. The van der Waals surface area contributed by atoms with E-state index in [1.807, 2.05) is 0 Å². The summed E-state index contributed by atoms with van der Waals surface area (Å²) in [6, 6.07) is 11.5. The quantitative estimate of drug-likeness (QED) is 0.602. The smallest absolute Gasteiger partial charge is 0.343 e. The van der Waals surface area contributed by atoms with Crippen LogP contribution in [0.2, 0.25) is 0 Å². The normalized spacial score (nSPS) is 10.1. The van der Waals surface area contributed by atoms with Gasteiger partial charge in [0.2, 0.25) is 5.91 Å². The number of anilines is 1. The maximum Gasteiger partial charge on any atom is 0.343 e. The Hall–Kier alpha value is -2.38. The number of rotatable bonds is 6. The van der Waals surface area contributed by atoms with Crippen LogP contribution in [-0.4, -0.2) is 32.7 Å². The summed E-state index contributed by atoms with van der Waals surface area (Å²) in [7, 11) is 2.98. The van der Waals surface area contributed by atoms with E-state index in [0.717, 1.165) is 0 Å². The molecule has 0 unspecified atom stereocenters. The Bertz CT molecular complexity index is 730. The third-order valence-electron chi connectivity index (χ3n) is 3.02. The summed E-state index contributed by atoms with van der Waals surface area (Å²) in [4.78, 5) is 23.8. The van der Waals surface area contributed by atoms with Gasteiger partial charge in [-0.2, -0.15) is 0 Å². The molecule has 0 saturated heterocycles. The Kier molecular flexibility index (Phi) is 6.34. The zero-order chi connectivity index (χ0) is 17.5. The summed E-state index contributed by atoms with van der Waals surface area (Å²) in [6.07, 6.45) is 0. The molecule has 0 aliphatic rings. The number of esters is 1. The molecule has 0 atom stereocenters. The van der Waals surface area contributed by atoms with Gasteiger partial charge in [-0.25, -0.2) is 4.79 Å². The summed E-state index contributed by atoms with van der Waals surface area (Å²) in [6.45, 7) is -0.0585. The van der Waals surface area contributed by atoms with Crippen LogP contribution in [0.4, 0.5) is 5.69 Å². The summed E-state index contributed by atoms with van der Waals surface area (Å²) in [5, 5.41) is 2.65. The number of benzene rings is 2. The zero-order valence-corrected chi connectivity index (χ0v) is 14.8. The van der Waals surface area contributed by atoms with E-state index < -0.39 is 5.97 Å². The first-order chi connectivity index (χ1) is 11.5. The number of halogens is 1. The fourth-order valence-corrected chi connectivity index (χ4v) is 2.20. The maximum absolute atomic E-state index is 12.2. The van der Waals surface area contributed by atoms with Gasteiger partial charge in [0, 0.05) is 18.9 Å². The SMILES string of the molecule is COCC(=O)Nc1ccc(Br)c(OC(=O)c2ccc(OC)cc2)c1. The maximum atomic E-state index is 12.2. The highest BCUT2D eigenvalue weighted by molar-refractivity contribution is 9.10. The van der Waals surface area contributed by atoms with Crippen LogP contribution in [0, 0.1) is 0 Å². The fraction of sp³-hybridized carbons (Fsp3) is 0.176. The lowest BCUT2D eigenvalue weighted by molar-refractivity contribution is -0.119. The Labute approximate surface area is 147 Å². The summed E-state index contributed by atoms with van der Waals surface area (Å²) >= 11 is 3.32. The van der Waals surface area contributed by atoms with Gasteiger partial charge in [-0.3, -0.25) is 4.79 Å². The Morgan fingerprint density at radius 2 is 1.79 bits per heavy atom. The van der Waals surface area contributed by atoms with Gasteiger partial charge in [0.25, 0.3) is 0 Å². The highest BCUT2D eigenvalue weighted by Gasteiger charge is 2.12. The molecule has 2 rings (SSSR count). The molecule has 0 aliphatic carbocycles. The van der Waals surface area contributed by atoms with Gasteiger partial charge < -0.3 is 19.5 Å². The average Bonchev–Trinajstić information content (AvgIpc) is 2.58. The van der Waals surface area contributed by atoms with Crippen molar-refractivity contribution in [2.24, 2.45) is 0 Å². The molecule has 0 radical (unpaired) electrons. The van der Waals surface area contributed by atoms with Gasteiger partial charge in [-0.05, 0) is 52.3 Å². The van der Waals surface area contributed by atoms with Crippen molar-refractivity contribution < 1.29 is 23.8 Å². The predicted molar refractivity (Wildman–Crippen MR) is 92.6 cm³/mol. The molecule has 2 aromatic rings. The number of amides is 1. The molecule has 24 heavy (non-hydrogen) atoms. The number of nitrogens with one attached hydrogen (secondary N) is 1. The first kappa shape index (κ1) is 18.0. The Morgan fingerprint density at radius 3 is 2.42 bits per heavy atom. The van der Waals surface area contributed by atoms with Gasteiger partial charge in [-0.1, -0.05) is 0 Å². The van der Waals surface area contributed by atoms with Crippen LogP contribution in [-0.2, 0) is 9.53 Å². The van der Waals surface area contributed by atoms with Crippen LogP contribution in [0.5, 0.6) is 11.5 Å². The van der Waals surface area contributed by atoms with Gasteiger partial charge in [0.15, 0.2) is 0 Å². The van der Waals surface area contributed by atoms with Crippen LogP contribution < -0.4 is 14.8 Å². The van der Waals surface area contributed by atoms with Gasteiger partial charge in [0.05, 0.1) is 17.1 Å². The topological polar surface area (TPSA) is 73.9 Å². The number of carbonyl (C=O) groups is 2. The van der Waals surface area contributed by atoms with E-state index in [9.17, 15) is 9.59 Å². The van der Waals surface area contributed by atoms with E-state index in [0.29, 0.717) is 27.2 Å². The second-order valence-electron chi connectivity index (χ2n) is 4.74. The molecule has 1 amide bonds. The lowest BCUT2D eigenvalue weighted by Crippen LogP contribution is -2.17. The van der Waals surface area contributed by atoms with Gasteiger partial charge in [0.1, 0.15) is 18.1 Å². The van der Waals surface area contributed by atoms with Gasteiger partial charge >= 0.3 is 5.97 Å². The summed E-state index contributed by atoms with van der Waals surface area (Å²) in [5.74, 6) is 0.132. The third-order valence-corrected chi connectivity index (χ3v) is 3.67. The molecule has 0 aliphatic heterocycles. The minimum absolute atomic E-state index is 0.0585. The van der Waals surface area contributed by atoms with Crippen molar-refractivity contribution in [3.63, 3.8) is 0 Å². The molecule has 0 spiro atoms. The van der Waals surface area contributed by atoms with Crippen molar-refractivity contribution in [1.29, 1.82) is 0 Å². The number of hydrogen-bond donors (Lipinski definition) is 1. The van der Waals surface area contributed by atoms with Crippen LogP contribution in [0.3, 0.4) is 0 Å². The van der Waals surface area contributed by atoms with Crippen LogP contribution >= 0.6 is 15.9 Å². The molecule has 2 aromatic carbocycles. The fourth-order valence-electron chi connectivity index (χ4n) is 1.87. The Balaban J connectivity index is 2.12. The van der Waals surface area contributed by atoms with E-state index in [-0.39, 0.29) is 12.5 Å². The molecule has 7 heteroatoms. The van der Waals surface area contributed by atoms with Crippen molar-refractivity contribution in [3.8, 4) is 11.5 Å². The van der Waals surface area contributed by atoms with Crippen LogP contribution in [0.15, 0.2) is 46.9 Å². The third kappa shape index (κ3) is 4.81. The monoisotopic (exact) mass is 393 g/mol. The van der Waals surface area contributed by atoms with Crippen molar-refractivity contribution in [3.05, 3.63) is 52.5 Å². The average molecular weight is 394 g/mol. The van der Waals surface area contributed by atoms with Crippen molar-refractivity contribution in [2.45, 2.75) is 0 Å². The predicted octanol–water partition coefficient (Wildman–Crippen LogP) is 3.26. The first-order valence-electron chi connectivity index (χ1n) is 6.98. The minimum atomic E-state index is -0.515. The lowest BCUT2D eigenvalue weighted by Gasteiger charge is -2.10. The molecule has 0 saturated carbocycles. The van der Waals surface area contributed by atoms with E-state index in [1.165, 1.54) is 7.11 Å². The minimum Gasteiger partial charge on any atom is -0.497 e. The van der Waals surface area contributed by atoms with Crippen molar-refractivity contribution in [2.75, 3.05) is 26.1 Å². The van der Waals surface area contributed by atoms with Gasteiger partial charge in [-0.15, -0.1) is 0 Å². The second kappa shape index (κ2) is 8.47. The first-order valence-corrected chi connectivity index (χ1v) is 7.77. The lowest BCUT2D eigenvalue weighted by atomic mass is 10.2. The van der Waals surface area contributed by atoms with E-state index in [2.05, 4.69) is 21.2 Å². The molecular formula is C17H16BrNO5. The van der Waals surface area contributed by atoms with Crippen molar-refractivity contribution in [1.82, 2.24) is 0 Å². The number of ether oxygens (including phenoxy) is 3. The second-order valence-corrected chi connectivity index (χ2v) is 5.60. The standard InChI is InChI=1S/C17H16BrNO5/c1-22-10-16(20)19-12-5-8-14(18)15(9-12)24-17(21)11-3-6-13(23-2)7-4-11/h3-9H,10H2,1-2H3,(H,19,20). The molecule has 0 aromatic heterocycles. The number of methoxy groups -OCH3 is 2. The molecule has 0 heterocycles. The summed E-state index contributed by atoms with van der Waals surface area (Å²) in [5.41, 5.74) is 0.884. The van der Waals surface area contributed by atoms with E-state index in [4.69, 9.17) is 14.2 Å². The van der Waals surface area contributed by atoms with Crippen molar-refractivity contribution >= 4 is 33.5 Å². The Morgan fingerprint density at radius 1 is 1.08 bits per heavy atom. The largest absolute Gasteiger partial charge is 0.497 e. The molecule has 0 bridgehead atoms. The molecule has 0 fully saturated rings.